The van der Waals surface area contributed by atoms with Crippen LogP contribution in [0.25, 0.3) is 0 Å². The third-order valence-corrected chi connectivity index (χ3v) is 2.76. The Labute approximate surface area is 63.2 Å². The van der Waals surface area contributed by atoms with Crippen LogP contribution in [0.1, 0.15) is 19.8 Å². The first-order chi connectivity index (χ1) is 4.63. The molecule has 1 rings (SSSR count). The molecule has 2 heteroatoms. The Balaban J connectivity index is 2.51. The van der Waals surface area contributed by atoms with Crippen molar-refractivity contribution in [2.75, 3.05) is 21.2 Å². The van der Waals surface area contributed by atoms with E-state index in [9.17, 15) is 0 Å². The minimum absolute atomic E-state index is 0.370. The minimum atomic E-state index is 0.370. The van der Waals surface area contributed by atoms with Gasteiger partial charge in [0, 0.05) is 12.6 Å². The molecule has 0 bridgehead atoms. The molecule has 10 heavy (non-hydrogen) atoms. The molecule has 0 radical (unpaired) electrons. The van der Waals surface area contributed by atoms with E-state index >= 15 is 0 Å². The number of rotatable bonds is 3. The molecule has 60 valence electrons. The van der Waals surface area contributed by atoms with Crippen LogP contribution in [0.4, 0.5) is 0 Å². The van der Waals surface area contributed by atoms with Gasteiger partial charge < -0.3 is 9.64 Å². The van der Waals surface area contributed by atoms with Gasteiger partial charge in [-0.2, -0.15) is 0 Å². The summed E-state index contributed by atoms with van der Waals surface area (Å²) in [5.41, 5.74) is 0.370. The van der Waals surface area contributed by atoms with Crippen molar-refractivity contribution in [3.8, 4) is 0 Å². The van der Waals surface area contributed by atoms with Gasteiger partial charge in [-0.1, -0.05) is 0 Å². The van der Waals surface area contributed by atoms with E-state index in [1.165, 1.54) is 12.8 Å². The van der Waals surface area contributed by atoms with Crippen molar-refractivity contribution < 1.29 is 4.74 Å². The van der Waals surface area contributed by atoms with E-state index in [0.717, 1.165) is 0 Å². The largest absolute Gasteiger partial charge is 0.380 e. The van der Waals surface area contributed by atoms with Crippen molar-refractivity contribution >= 4 is 0 Å². The van der Waals surface area contributed by atoms with Crippen LogP contribution in [0.15, 0.2) is 0 Å². The Hall–Kier alpha value is -0.0800. The molecule has 2 nitrogen and oxygen atoms in total. The van der Waals surface area contributed by atoms with Crippen molar-refractivity contribution in [3.05, 3.63) is 0 Å². The van der Waals surface area contributed by atoms with Gasteiger partial charge in [-0.05, 0) is 33.9 Å². The molecular weight excluding hydrogens is 126 g/mol. The highest BCUT2D eigenvalue weighted by atomic mass is 16.5. The summed E-state index contributed by atoms with van der Waals surface area (Å²) in [5.74, 6) is 0. The van der Waals surface area contributed by atoms with Crippen molar-refractivity contribution in [2.45, 2.75) is 31.4 Å². The van der Waals surface area contributed by atoms with Crippen LogP contribution in [-0.4, -0.2) is 37.7 Å². The Morgan fingerprint density at radius 3 is 2.00 bits per heavy atom. The highest BCUT2D eigenvalue weighted by Gasteiger charge is 2.49. The normalized spacial score (nSPS) is 24.9. The number of likely N-dealkylation sites (N-methyl/N-ethyl adjacent to an activating group) is 1. The first-order valence-corrected chi connectivity index (χ1v) is 3.84. The van der Waals surface area contributed by atoms with Crippen LogP contribution in [0.5, 0.6) is 0 Å². The number of ether oxygens (including phenoxy) is 1. The van der Waals surface area contributed by atoms with E-state index in [0.29, 0.717) is 11.6 Å². The maximum absolute atomic E-state index is 5.30. The summed E-state index contributed by atoms with van der Waals surface area (Å²) in [6.07, 6.45) is 2.95. The molecule has 0 unspecified atom stereocenters. The van der Waals surface area contributed by atoms with Crippen molar-refractivity contribution in [2.24, 2.45) is 0 Å². The molecular formula is C8H17NO. The number of hydrogen-bond acceptors (Lipinski definition) is 2. The van der Waals surface area contributed by atoms with Gasteiger partial charge in [0.05, 0.1) is 6.10 Å². The molecule has 0 N–H and O–H groups in total. The quantitative estimate of drug-likeness (QED) is 0.587. The SMILES string of the molecule is CO[C@H](C)C1(N(C)C)CC1. The minimum Gasteiger partial charge on any atom is -0.380 e. The summed E-state index contributed by atoms with van der Waals surface area (Å²) in [4.78, 5) is 2.28. The van der Waals surface area contributed by atoms with Crippen LogP contribution >= 0.6 is 0 Å². The molecule has 0 aliphatic heterocycles. The first kappa shape index (κ1) is 8.02. The molecule has 0 amide bonds. The van der Waals surface area contributed by atoms with Gasteiger partial charge in [0.15, 0.2) is 0 Å². The summed E-state index contributed by atoms with van der Waals surface area (Å²) in [6.45, 7) is 2.15. The highest BCUT2D eigenvalue weighted by molar-refractivity contribution is 5.06. The molecule has 1 fully saturated rings. The molecule has 0 aromatic heterocycles. The van der Waals surface area contributed by atoms with Crippen molar-refractivity contribution in [1.82, 2.24) is 4.90 Å². The van der Waals surface area contributed by atoms with Gasteiger partial charge in [-0.3, -0.25) is 0 Å². The fourth-order valence-electron chi connectivity index (χ4n) is 1.56. The van der Waals surface area contributed by atoms with Gasteiger partial charge >= 0.3 is 0 Å². The van der Waals surface area contributed by atoms with E-state index in [4.69, 9.17) is 4.74 Å². The van der Waals surface area contributed by atoms with Gasteiger partial charge in [0.2, 0.25) is 0 Å². The topological polar surface area (TPSA) is 12.5 Å². The summed E-state index contributed by atoms with van der Waals surface area (Å²) in [7, 11) is 6.04. The van der Waals surface area contributed by atoms with Crippen LogP contribution in [0.3, 0.4) is 0 Å². The molecule has 1 aliphatic carbocycles. The molecule has 1 saturated carbocycles. The zero-order valence-corrected chi connectivity index (χ0v) is 7.35. The average Bonchev–Trinajstić information content (AvgIpc) is 2.65. The van der Waals surface area contributed by atoms with Crippen LogP contribution in [0, 0.1) is 0 Å². The lowest BCUT2D eigenvalue weighted by molar-refractivity contribution is 0.0320. The second-order valence-corrected chi connectivity index (χ2v) is 3.38. The maximum atomic E-state index is 5.30. The maximum Gasteiger partial charge on any atom is 0.0726 e. The van der Waals surface area contributed by atoms with Crippen LogP contribution in [-0.2, 0) is 4.74 Å². The molecule has 0 aromatic rings. The van der Waals surface area contributed by atoms with Gasteiger partial charge in [-0.15, -0.1) is 0 Å². The van der Waals surface area contributed by atoms with Gasteiger partial charge in [0.1, 0.15) is 0 Å². The van der Waals surface area contributed by atoms with E-state index in [1.54, 1.807) is 7.11 Å². The third-order valence-electron chi connectivity index (χ3n) is 2.76. The standard InChI is InChI=1S/C8H17NO/c1-7(10-4)8(5-6-8)9(2)3/h7H,5-6H2,1-4H3/t7-/m1/s1. The molecule has 0 spiro atoms. The second-order valence-electron chi connectivity index (χ2n) is 3.38. The molecule has 0 saturated heterocycles. The van der Waals surface area contributed by atoms with E-state index in [2.05, 4.69) is 25.9 Å². The lowest BCUT2D eigenvalue weighted by atomic mass is 10.1. The Bertz CT molecular complexity index is 118. The Morgan fingerprint density at radius 2 is 1.90 bits per heavy atom. The fourth-order valence-corrected chi connectivity index (χ4v) is 1.56. The molecule has 1 aliphatic rings. The average molecular weight is 143 g/mol. The van der Waals surface area contributed by atoms with E-state index in [1.807, 2.05) is 0 Å². The van der Waals surface area contributed by atoms with E-state index < -0.39 is 0 Å². The van der Waals surface area contributed by atoms with Gasteiger partial charge in [-0.25, -0.2) is 0 Å². The lowest BCUT2D eigenvalue weighted by Gasteiger charge is -2.28. The number of methoxy groups -OCH3 is 1. The smallest absolute Gasteiger partial charge is 0.0726 e. The molecule has 0 heterocycles. The monoisotopic (exact) mass is 143 g/mol. The first-order valence-electron chi connectivity index (χ1n) is 3.84. The number of nitrogens with zero attached hydrogens (tertiary/aromatic N) is 1. The Kier molecular flexibility index (Phi) is 2.02. The van der Waals surface area contributed by atoms with Crippen molar-refractivity contribution in [3.63, 3.8) is 0 Å². The number of hydrogen-bond donors (Lipinski definition) is 0. The van der Waals surface area contributed by atoms with Crippen molar-refractivity contribution in [1.29, 1.82) is 0 Å². The van der Waals surface area contributed by atoms with E-state index in [-0.39, 0.29) is 0 Å². The highest BCUT2D eigenvalue weighted by Crippen LogP contribution is 2.43. The Morgan fingerprint density at radius 1 is 1.40 bits per heavy atom. The zero-order chi connectivity index (χ0) is 7.78. The second kappa shape index (κ2) is 2.51. The van der Waals surface area contributed by atoms with Crippen LogP contribution < -0.4 is 0 Å². The lowest BCUT2D eigenvalue weighted by Crippen LogP contribution is -2.40. The summed E-state index contributed by atoms with van der Waals surface area (Å²) < 4.78 is 5.30. The predicted octanol–water partition coefficient (Wildman–Crippen LogP) is 1.12. The van der Waals surface area contributed by atoms with Gasteiger partial charge in [0.25, 0.3) is 0 Å². The van der Waals surface area contributed by atoms with Crippen LogP contribution in [0.2, 0.25) is 0 Å². The summed E-state index contributed by atoms with van der Waals surface area (Å²) in [5, 5.41) is 0. The zero-order valence-electron chi connectivity index (χ0n) is 7.35. The predicted molar refractivity (Wildman–Crippen MR) is 42.1 cm³/mol. The fraction of sp³-hybridized carbons (Fsp3) is 1.00. The third kappa shape index (κ3) is 1.06. The molecule has 1 atom stereocenters. The summed E-state index contributed by atoms with van der Waals surface area (Å²) in [6, 6.07) is 0. The summed E-state index contributed by atoms with van der Waals surface area (Å²) >= 11 is 0. The molecule has 0 aromatic carbocycles.